The van der Waals surface area contributed by atoms with Gasteiger partial charge in [-0.15, -0.1) is 0 Å². The third-order valence-electron chi connectivity index (χ3n) is 9.72. The number of nitrogens with zero attached hydrogens (tertiary/aromatic N) is 2. The van der Waals surface area contributed by atoms with E-state index in [0.717, 1.165) is 50.1 Å². The third kappa shape index (κ3) is 3.75. The summed E-state index contributed by atoms with van der Waals surface area (Å²) >= 11 is 0. The Kier molecular flexibility index (Phi) is 5.40. The van der Waals surface area contributed by atoms with Crippen LogP contribution < -0.4 is 10.6 Å². The first kappa shape index (κ1) is 25.4. The predicted molar refractivity (Wildman–Crippen MR) is 189 cm³/mol. The summed E-state index contributed by atoms with van der Waals surface area (Å²) in [5.41, 5.74) is 9.10. The third-order valence-corrected chi connectivity index (χ3v) is 9.72. The van der Waals surface area contributed by atoms with Gasteiger partial charge in [0.05, 0.1) is 21.8 Å². The molecule has 9 aromatic rings. The highest BCUT2D eigenvalue weighted by molar-refractivity contribution is 6.23. The van der Waals surface area contributed by atoms with E-state index in [-0.39, 0.29) is 6.17 Å². The zero-order valence-corrected chi connectivity index (χ0v) is 25.0. The maximum Gasteiger partial charge on any atom is 0.145 e. The Balaban J connectivity index is 1.27. The normalized spacial score (nSPS) is 14.8. The molecule has 7 aromatic carbocycles. The monoisotopic (exact) mass is 588 g/mol. The van der Waals surface area contributed by atoms with Gasteiger partial charge >= 0.3 is 0 Å². The molecule has 1 aliphatic rings. The molecule has 1 unspecified atom stereocenters. The Bertz CT molecular complexity index is 2790. The van der Waals surface area contributed by atoms with Gasteiger partial charge in [-0.1, -0.05) is 115 Å². The maximum absolute atomic E-state index is 6.63. The second-order valence-corrected chi connectivity index (χ2v) is 12.3. The largest absolute Gasteiger partial charge is 0.455 e. The first-order valence-electron chi connectivity index (χ1n) is 15.9. The highest BCUT2D eigenvalue weighted by atomic mass is 16.3. The van der Waals surface area contributed by atoms with Crippen molar-refractivity contribution >= 4 is 60.1 Å². The summed E-state index contributed by atoms with van der Waals surface area (Å²) in [5, 5.41) is 9.35. The van der Waals surface area contributed by atoms with Crippen LogP contribution in [0, 0.1) is 0 Å². The van der Waals surface area contributed by atoms with Crippen molar-refractivity contribution in [1.82, 2.24) is 4.57 Å². The zero-order valence-electron chi connectivity index (χ0n) is 25.0. The van der Waals surface area contributed by atoms with E-state index in [1.807, 2.05) is 6.07 Å². The number of hydrogen-bond acceptors (Lipinski definition) is 2. The summed E-state index contributed by atoms with van der Waals surface area (Å²) in [5.74, 6) is 0. The maximum atomic E-state index is 6.63. The molecule has 3 nitrogen and oxygen atoms in total. The standard InChI is InChI=1S/C43H28N2O/c1-2-10-27(11-3-1)30-20-21-35-39(25-30)45(38-23-22-34-33-15-7-9-17-40(33)46-43(34)42(35)38)41-26-36(32-14-6-8-16-37(32)44-41)31-19-18-28-12-4-5-13-29(28)24-31/h1-25,41H,26H2. The van der Waals surface area contributed by atoms with E-state index in [9.17, 15) is 0 Å². The molecule has 0 saturated heterocycles. The van der Waals surface area contributed by atoms with Crippen molar-refractivity contribution in [3.8, 4) is 11.1 Å². The van der Waals surface area contributed by atoms with E-state index in [0.29, 0.717) is 0 Å². The Labute approximate surface area is 265 Å². The Hall–Kier alpha value is -5.93. The van der Waals surface area contributed by atoms with Gasteiger partial charge in [-0.25, -0.2) is 0 Å². The summed E-state index contributed by atoms with van der Waals surface area (Å²) in [6.07, 6.45) is 0.645. The van der Waals surface area contributed by atoms with Crippen molar-refractivity contribution in [2.45, 2.75) is 12.6 Å². The van der Waals surface area contributed by atoms with Crippen molar-refractivity contribution in [2.75, 3.05) is 0 Å². The molecule has 0 spiro atoms. The van der Waals surface area contributed by atoms with Gasteiger partial charge in [-0.2, -0.15) is 0 Å². The van der Waals surface area contributed by atoms with Crippen LogP contribution in [0.1, 0.15) is 18.2 Å². The van der Waals surface area contributed by atoms with E-state index in [4.69, 9.17) is 9.41 Å². The van der Waals surface area contributed by atoms with Gasteiger partial charge in [0.2, 0.25) is 0 Å². The molecule has 10 rings (SSSR count). The minimum Gasteiger partial charge on any atom is -0.455 e. The minimum absolute atomic E-state index is 0.135. The van der Waals surface area contributed by atoms with Crippen molar-refractivity contribution < 1.29 is 4.42 Å². The lowest BCUT2D eigenvalue weighted by Crippen LogP contribution is -2.33. The minimum atomic E-state index is -0.135. The summed E-state index contributed by atoms with van der Waals surface area (Å²) in [6.45, 7) is 0. The average Bonchev–Trinajstić information content (AvgIpc) is 3.67. The molecule has 3 heterocycles. The zero-order chi connectivity index (χ0) is 30.2. The van der Waals surface area contributed by atoms with Gasteiger partial charge in [0.15, 0.2) is 0 Å². The summed E-state index contributed by atoms with van der Waals surface area (Å²) in [7, 11) is 0. The molecule has 0 aliphatic carbocycles. The van der Waals surface area contributed by atoms with Gasteiger partial charge in [0, 0.05) is 27.8 Å². The first-order valence-corrected chi connectivity index (χ1v) is 15.9. The summed E-state index contributed by atoms with van der Waals surface area (Å²) in [6, 6.07) is 54.4. The lowest BCUT2D eigenvalue weighted by molar-refractivity contribution is 0.547. The fourth-order valence-electron chi connectivity index (χ4n) is 7.58. The number of hydrogen-bond donors (Lipinski definition) is 0. The van der Waals surface area contributed by atoms with Crippen LogP contribution in [0.25, 0.3) is 71.2 Å². The predicted octanol–water partition coefficient (Wildman–Crippen LogP) is 9.94. The van der Waals surface area contributed by atoms with Crippen molar-refractivity contribution in [2.24, 2.45) is 4.99 Å². The van der Waals surface area contributed by atoms with Gasteiger partial charge in [0.25, 0.3) is 0 Å². The first-order chi connectivity index (χ1) is 22.8. The smallest absolute Gasteiger partial charge is 0.145 e. The fraction of sp³-hybridized carbons (Fsp3) is 0.0465. The van der Waals surface area contributed by atoms with Gasteiger partial charge in [0.1, 0.15) is 17.3 Å². The SMILES string of the molecule is c1ccc(-c2ccc3c4c5oc6ccccc6c5ccc4n(C4CC(c5ccc6ccccc6c5)=c5ccccc5=N4)c3c2)cc1. The molecule has 216 valence electrons. The number of fused-ring (bicyclic) bond motifs is 9. The molecule has 0 bridgehead atoms. The van der Waals surface area contributed by atoms with Crippen LogP contribution in [0.15, 0.2) is 161 Å². The number of aromatic nitrogens is 1. The number of para-hydroxylation sites is 2. The van der Waals surface area contributed by atoms with Crippen LogP contribution in [0.2, 0.25) is 0 Å². The molecule has 0 fully saturated rings. The van der Waals surface area contributed by atoms with Crippen LogP contribution in [0.4, 0.5) is 0 Å². The van der Waals surface area contributed by atoms with E-state index in [2.05, 4.69) is 150 Å². The van der Waals surface area contributed by atoms with E-state index < -0.39 is 0 Å². The molecule has 1 aliphatic heterocycles. The molecule has 2 aromatic heterocycles. The van der Waals surface area contributed by atoms with Crippen LogP contribution in [0.3, 0.4) is 0 Å². The van der Waals surface area contributed by atoms with E-state index in [1.165, 1.54) is 43.6 Å². The molecule has 0 N–H and O–H groups in total. The van der Waals surface area contributed by atoms with Crippen molar-refractivity contribution in [3.05, 3.63) is 168 Å². The average molecular weight is 589 g/mol. The number of benzene rings is 7. The molecule has 3 heteroatoms. The highest BCUT2D eigenvalue weighted by Gasteiger charge is 2.25. The molecule has 0 radical (unpaired) electrons. The van der Waals surface area contributed by atoms with Gasteiger partial charge < -0.3 is 8.98 Å². The summed E-state index contributed by atoms with van der Waals surface area (Å²) in [4.78, 5) is 5.46. The Morgan fingerprint density at radius 1 is 0.543 bits per heavy atom. The molecular formula is C43H28N2O. The second kappa shape index (κ2) is 9.79. The molecular weight excluding hydrogens is 560 g/mol. The summed E-state index contributed by atoms with van der Waals surface area (Å²) < 4.78 is 9.09. The number of furan rings is 1. The molecule has 1 atom stereocenters. The Morgan fingerprint density at radius 2 is 1.30 bits per heavy atom. The lowest BCUT2D eigenvalue weighted by Gasteiger charge is -2.23. The highest BCUT2D eigenvalue weighted by Crippen LogP contribution is 2.43. The lowest BCUT2D eigenvalue weighted by atomic mass is 9.94. The van der Waals surface area contributed by atoms with E-state index >= 15 is 0 Å². The Morgan fingerprint density at radius 3 is 2.24 bits per heavy atom. The topological polar surface area (TPSA) is 30.4 Å². The second-order valence-electron chi connectivity index (χ2n) is 12.3. The van der Waals surface area contributed by atoms with Crippen molar-refractivity contribution in [1.29, 1.82) is 0 Å². The van der Waals surface area contributed by atoms with Gasteiger partial charge in [-0.3, -0.25) is 4.99 Å². The van der Waals surface area contributed by atoms with Crippen LogP contribution >= 0.6 is 0 Å². The number of rotatable bonds is 3. The molecule has 46 heavy (non-hydrogen) atoms. The van der Waals surface area contributed by atoms with E-state index in [1.54, 1.807) is 0 Å². The molecule has 0 saturated carbocycles. The van der Waals surface area contributed by atoms with Crippen LogP contribution in [0.5, 0.6) is 0 Å². The fourth-order valence-corrected chi connectivity index (χ4v) is 7.58. The van der Waals surface area contributed by atoms with Crippen molar-refractivity contribution in [3.63, 3.8) is 0 Å². The van der Waals surface area contributed by atoms with Crippen LogP contribution in [-0.4, -0.2) is 4.57 Å². The van der Waals surface area contributed by atoms with Crippen LogP contribution in [-0.2, 0) is 0 Å². The quantitative estimate of drug-likeness (QED) is 0.202. The molecule has 0 amide bonds. The van der Waals surface area contributed by atoms with Gasteiger partial charge in [-0.05, 0) is 69.4 Å².